The van der Waals surface area contributed by atoms with Gasteiger partial charge in [0.1, 0.15) is 5.75 Å². The standard InChI is InChI=1S/C23H31N3O2/c1-4-17(2)19-9-5-6-10-20(19)24-23(28)18(3)25-13-15-26(16-14-25)21-11-7-8-12-22(21)27/h5-12,17-18,27H,4,13-16H2,1-3H3,(H,24,28)/p+1/t17-,18+/m1/s1. The van der Waals surface area contributed by atoms with Gasteiger partial charge in [-0.05, 0) is 43.0 Å². The number of benzene rings is 2. The quantitative estimate of drug-likeness (QED) is 0.720. The maximum Gasteiger partial charge on any atom is 0.282 e. The molecule has 5 heteroatoms. The molecule has 1 fully saturated rings. The van der Waals surface area contributed by atoms with Crippen molar-refractivity contribution in [1.29, 1.82) is 0 Å². The van der Waals surface area contributed by atoms with Gasteiger partial charge in [-0.1, -0.05) is 44.2 Å². The summed E-state index contributed by atoms with van der Waals surface area (Å²) in [5, 5.41) is 13.2. The van der Waals surface area contributed by atoms with E-state index >= 15 is 0 Å². The number of amides is 1. The van der Waals surface area contributed by atoms with Gasteiger partial charge < -0.3 is 20.2 Å². The summed E-state index contributed by atoms with van der Waals surface area (Å²) in [7, 11) is 0. The average Bonchev–Trinajstić information content (AvgIpc) is 2.73. The van der Waals surface area contributed by atoms with E-state index in [1.165, 1.54) is 10.5 Å². The number of aromatic hydroxyl groups is 1. The van der Waals surface area contributed by atoms with Gasteiger partial charge in [0, 0.05) is 5.69 Å². The van der Waals surface area contributed by atoms with Crippen molar-refractivity contribution >= 4 is 17.3 Å². The largest absolute Gasteiger partial charge is 0.506 e. The van der Waals surface area contributed by atoms with Crippen molar-refractivity contribution in [3.63, 3.8) is 0 Å². The van der Waals surface area contributed by atoms with Gasteiger partial charge >= 0.3 is 0 Å². The fourth-order valence-corrected chi connectivity index (χ4v) is 3.89. The third-order valence-corrected chi connectivity index (χ3v) is 6.00. The van der Waals surface area contributed by atoms with E-state index in [4.69, 9.17) is 0 Å². The molecule has 0 bridgehead atoms. The Hall–Kier alpha value is -2.53. The van der Waals surface area contributed by atoms with Crippen LogP contribution in [0.1, 0.15) is 38.7 Å². The molecule has 3 rings (SSSR count). The summed E-state index contributed by atoms with van der Waals surface area (Å²) in [5.74, 6) is 0.807. The van der Waals surface area contributed by atoms with Crippen LogP contribution in [0, 0.1) is 0 Å². The molecule has 0 aliphatic carbocycles. The summed E-state index contributed by atoms with van der Waals surface area (Å²) in [4.78, 5) is 16.4. The number of nitrogens with zero attached hydrogens (tertiary/aromatic N) is 1. The first kappa shape index (κ1) is 20.2. The molecular formula is C23H32N3O2+. The number of quaternary nitrogens is 1. The Labute approximate surface area is 168 Å². The number of anilines is 2. The van der Waals surface area contributed by atoms with Gasteiger partial charge in [0.2, 0.25) is 0 Å². The van der Waals surface area contributed by atoms with E-state index in [-0.39, 0.29) is 11.9 Å². The van der Waals surface area contributed by atoms with Crippen LogP contribution in [0.2, 0.25) is 0 Å². The van der Waals surface area contributed by atoms with Crippen LogP contribution in [0.3, 0.4) is 0 Å². The number of piperazine rings is 1. The highest BCUT2D eigenvalue weighted by Crippen LogP contribution is 2.27. The SMILES string of the molecule is CC[C@@H](C)c1ccccc1NC(=O)[C@H](C)[NH+]1CCN(c2ccccc2O)CC1. The number of hydrogen-bond acceptors (Lipinski definition) is 3. The van der Waals surface area contributed by atoms with E-state index in [1.54, 1.807) is 6.07 Å². The highest BCUT2D eigenvalue weighted by molar-refractivity contribution is 5.94. The molecule has 2 aromatic carbocycles. The van der Waals surface area contributed by atoms with E-state index in [1.807, 2.05) is 43.3 Å². The Kier molecular flexibility index (Phi) is 6.57. The number of carbonyl (C=O) groups is 1. The van der Waals surface area contributed by atoms with Gasteiger partial charge in [-0.2, -0.15) is 0 Å². The first-order valence-corrected chi connectivity index (χ1v) is 10.3. The maximum absolute atomic E-state index is 12.9. The fraction of sp³-hybridized carbons (Fsp3) is 0.435. The molecule has 1 saturated heterocycles. The molecule has 2 aromatic rings. The smallest absolute Gasteiger partial charge is 0.282 e. The van der Waals surface area contributed by atoms with Crippen molar-refractivity contribution in [1.82, 2.24) is 0 Å². The van der Waals surface area contributed by atoms with Gasteiger partial charge in [0.25, 0.3) is 5.91 Å². The summed E-state index contributed by atoms with van der Waals surface area (Å²) in [6.07, 6.45) is 1.04. The van der Waals surface area contributed by atoms with Gasteiger partial charge in [0.15, 0.2) is 6.04 Å². The molecule has 3 N–H and O–H groups in total. The number of phenolic OH excluding ortho intramolecular Hbond substituents is 1. The monoisotopic (exact) mass is 382 g/mol. The number of nitrogens with one attached hydrogen (secondary N) is 2. The summed E-state index contributed by atoms with van der Waals surface area (Å²) < 4.78 is 0. The summed E-state index contributed by atoms with van der Waals surface area (Å²) in [5.41, 5.74) is 3.01. The lowest BCUT2D eigenvalue weighted by atomic mass is 9.97. The number of carbonyl (C=O) groups excluding carboxylic acids is 1. The lowest BCUT2D eigenvalue weighted by molar-refractivity contribution is -0.914. The van der Waals surface area contributed by atoms with Crippen LogP contribution >= 0.6 is 0 Å². The molecule has 5 nitrogen and oxygen atoms in total. The normalized spacial score (nSPS) is 17.2. The van der Waals surface area contributed by atoms with Crippen LogP contribution in [0.4, 0.5) is 11.4 Å². The van der Waals surface area contributed by atoms with Crippen molar-refractivity contribution in [3.05, 3.63) is 54.1 Å². The second-order valence-corrected chi connectivity index (χ2v) is 7.74. The Morgan fingerprint density at radius 2 is 1.75 bits per heavy atom. The molecule has 28 heavy (non-hydrogen) atoms. The lowest BCUT2D eigenvalue weighted by Gasteiger charge is -2.36. The Bertz CT molecular complexity index is 800. The van der Waals surface area contributed by atoms with E-state index in [0.717, 1.165) is 44.0 Å². The zero-order valence-corrected chi connectivity index (χ0v) is 17.1. The predicted octanol–water partition coefficient (Wildman–Crippen LogP) is 2.64. The summed E-state index contributed by atoms with van der Waals surface area (Å²) in [6, 6.07) is 15.4. The van der Waals surface area contributed by atoms with Crippen LogP contribution in [0.15, 0.2) is 48.5 Å². The molecule has 1 heterocycles. The minimum absolute atomic E-state index is 0.0711. The minimum Gasteiger partial charge on any atom is -0.506 e. The van der Waals surface area contributed by atoms with Crippen molar-refractivity contribution in [2.75, 3.05) is 36.4 Å². The van der Waals surface area contributed by atoms with Crippen molar-refractivity contribution in [2.45, 2.75) is 39.2 Å². The number of hydrogen-bond donors (Lipinski definition) is 3. The Morgan fingerprint density at radius 3 is 2.43 bits per heavy atom. The number of rotatable bonds is 6. The van der Waals surface area contributed by atoms with Crippen LogP contribution in [-0.4, -0.2) is 43.2 Å². The summed E-state index contributed by atoms with van der Waals surface area (Å²) >= 11 is 0. The van der Waals surface area contributed by atoms with Gasteiger partial charge in [-0.15, -0.1) is 0 Å². The Morgan fingerprint density at radius 1 is 1.11 bits per heavy atom. The van der Waals surface area contributed by atoms with Crippen molar-refractivity contribution in [2.24, 2.45) is 0 Å². The third-order valence-electron chi connectivity index (χ3n) is 6.00. The highest BCUT2D eigenvalue weighted by Gasteiger charge is 2.30. The molecule has 2 atom stereocenters. The average molecular weight is 383 g/mol. The van der Waals surface area contributed by atoms with Crippen LogP contribution in [-0.2, 0) is 4.79 Å². The van der Waals surface area contributed by atoms with E-state index < -0.39 is 0 Å². The van der Waals surface area contributed by atoms with Crippen LogP contribution < -0.4 is 15.1 Å². The van der Waals surface area contributed by atoms with Crippen molar-refractivity contribution < 1.29 is 14.8 Å². The zero-order valence-electron chi connectivity index (χ0n) is 17.1. The predicted molar refractivity (Wildman–Crippen MR) is 114 cm³/mol. The number of para-hydroxylation sites is 3. The maximum atomic E-state index is 12.9. The first-order valence-electron chi connectivity index (χ1n) is 10.3. The van der Waals surface area contributed by atoms with E-state index in [0.29, 0.717) is 11.7 Å². The topological polar surface area (TPSA) is 57.0 Å². The molecule has 1 aliphatic heterocycles. The molecule has 0 saturated carbocycles. The van der Waals surface area contributed by atoms with Gasteiger partial charge in [0.05, 0.1) is 31.9 Å². The second-order valence-electron chi connectivity index (χ2n) is 7.74. The molecule has 1 amide bonds. The third kappa shape index (κ3) is 4.47. The Balaban J connectivity index is 1.60. The molecular weight excluding hydrogens is 350 g/mol. The van der Waals surface area contributed by atoms with Crippen LogP contribution in [0.5, 0.6) is 5.75 Å². The van der Waals surface area contributed by atoms with Crippen LogP contribution in [0.25, 0.3) is 0 Å². The number of phenols is 1. The molecule has 0 radical (unpaired) electrons. The minimum atomic E-state index is -0.114. The molecule has 0 spiro atoms. The molecule has 150 valence electrons. The molecule has 0 unspecified atom stereocenters. The van der Waals surface area contributed by atoms with E-state index in [9.17, 15) is 9.90 Å². The zero-order chi connectivity index (χ0) is 20.1. The first-order chi connectivity index (χ1) is 13.5. The molecule has 1 aliphatic rings. The molecule has 0 aromatic heterocycles. The second kappa shape index (κ2) is 9.11. The van der Waals surface area contributed by atoms with Gasteiger partial charge in [-0.25, -0.2) is 0 Å². The van der Waals surface area contributed by atoms with Gasteiger partial charge in [-0.3, -0.25) is 4.79 Å². The summed E-state index contributed by atoms with van der Waals surface area (Å²) in [6.45, 7) is 9.76. The van der Waals surface area contributed by atoms with Crippen molar-refractivity contribution in [3.8, 4) is 5.75 Å². The fourth-order valence-electron chi connectivity index (χ4n) is 3.89. The van der Waals surface area contributed by atoms with E-state index in [2.05, 4.69) is 30.1 Å². The highest BCUT2D eigenvalue weighted by atomic mass is 16.3. The lowest BCUT2D eigenvalue weighted by Crippen LogP contribution is -3.19.